The van der Waals surface area contributed by atoms with E-state index in [2.05, 4.69) is 18.7 Å². The van der Waals surface area contributed by atoms with Crippen molar-refractivity contribution in [2.75, 3.05) is 26.7 Å². The molecule has 0 aromatic carbocycles. The molecule has 0 radical (unpaired) electrons. The van der Waals surface area contributed by atoms with Crippen LogP contribution < -0.4 is 0 Å². The van der Waals surface area contributed by atoms with Crippen LogP contribution in [0.5, 0.6) is 0 Å². The van der Waals surface area contributed by atoms with Crippen molar-refractivity contribution in [2.24, 2.45) is 0 Å². The van der Waals surface area contributed by atoms with Gasteiger partial charge in [0.25, 0.3) is 5.91 Å². The van der Waals surface area contributed by atoms with Gasteiger partial charge in [0.1, 0.15) is 5.76 Å². The second-order valence-corrected chi connectivity index (χ2v) is 5.70. The number of carbonyl (C=O) groups is 1. The van der Waals surface area contributed by atoms with Gasteiger partial charge in [-0.2, -0.15) is 0 Å². The second-order valence-electron chi connectivity index (χ2n) is 5.70. The minimum Gasteiger partial charge on any atom is -0.455 e. The van der Waals surface area contributed by atoms with E-state index >= 15 is 0 Å². The van der Waals surface area contributed by atoms with Crippen LogP contribution in [-0.2, 0) is 6.54 Å². The zero-order valence-corrected chi connectivity index (χ0v) is 13.1. The summed E-state index contributed by atoms with van der Waals surface area (Å²) in [5.41, 5.74) is -0.916. The van der Waals surface area contributed by atoms with Gasteiger partial charge in [-0.25, -0.2) is 0 Å². The lowest BCUT2D eigenvalue weighted by atomic mass is 10.1. The quantitative estimate of drug-likeness (QED) is 0.830. The first-order valence-electron chi connectivity index (χ1n) is 7.05. The third kappa shape index (κ3) is 4.98. The van der Waals surface area contributed by atoms with Crippen LogP contribution in [-0.4, -0.2) is 53.1 Å². The van der Waals surface area contributed by atoms with E-state index in [1.807, 2.05) is 6.07 Å². The Bertz CT molecular complexity index is 431. The second kappa shape index (κ2) is 6.90. The zero-order valence-electron chi connectivity index (χ0n) is 13.1. The third-order valence-corrected chi connectivity index (χ3v) is 3.12. The highest BCUT2D eigenvalue weighted by Gasteiger charge is 2.22. The lowest BCUT2D eigenvalue weighted by Gasteiger charge is -2.24. The summed E-state index contributed by atoms with van der Waals surface area (Å²) in [6.45, 7) is 10.4. The maximum Gasteiger partial charge on any atom is 0.289 e. The van der Waals surface area contributed by atoms with Crippen molar-refractivity contribution < 1.29 is 14.3 Å². The van der Waals surface area contributed by atoms with Gasteiger partial charge in [-0.3, -0.25) is 9.69 Å². The summed E-state index contributed by atoms with van der Waals surface area (Å²) in [7, 11) is 1.66. The van der Waals surface area contributed by atoms with E-state index in [1.165, 1.54) is 4.90 Å². The molecule has 0 fully saturated rings. The topological polar surface area (TPSA) is 56.9 Å². The average Bonchev–Trinajstić information content (AvgIpc) is 2.81. The molecule has 1 N–H and O–H groups in total. The predicted octanol–water partition coefficient (Wildman–Crippen LogP) is 1.96. The minimum absolute atomic E-state index is 0.210. The Kier molecular flexibility index (Phi) is 5.77. The van der Waals surface area contributed by atoms with Crippen molar-refractivity contribution in [2.45, 2.75) is 39.8 Å². The smallest absolute Gasteiger partial charge is 0.289 e. The molecule has 0 unspecified atom stereocenters. The van der Waals surface area contributed by atoms with E-state index < -0.39 is 5.60 Å². The molecule has 20 heavy (non-hydrogen) atoms. The molecule has 0 bridgehead atoms. The molecule has 1 heterocycles. The lowest BCUT2D eigenvalue weighted by molar-refractivity contribution is 0.0350. The van der Waals surface area contributed by atoms with Crippen LogP contribution in [0.1, 0.15) is 44.0 Å². The molecule has 0 saturated carbocycles. The molecule has 0 saturated heterocycles. The summed E-state index contributed by atoms with van der Waals surface area (Å²) in [5.74, 6) is 0.894. The number of hydrogen-bond donors (Lipinski definition) is 1. The van der Waals surface area contributed by atoms with E-state index in [1.54, 1.807) is 27.0 Å². The first kappa shape index (κ1) is 16.7. The third-order valence-electron chi connectivity index (χ3n) is 3.12. The fourth-order valence-corrected chi connectivity index (χ4v) is 2.09. The highest BCUT2D eigenvalue weighted by Crippen LogP contribution is 2.14. The molecule has 0 spiro atoms. The molecular weight excluding hydrogens is 256 g/mol. The van der Waals surface area contributed by atoms with E-state index in [4.69, 9.17) is 4.42 Å². The van der Waals surface area contributed by atoms with Crippen molar-refractivity contribution in [3.8, 4) is 0 Å². The fourth-order valence-electron chi connectivity index (χ4n) is 2.09. The van der Waals surface area contributed by atoms with Gasteiger partial charge in [0.2, 0.25) is 0 Å². The molecule has 1 amide bonds. The van der Waals surface area contributed by atoms with Gasteiger partial charge in [0.15, 0.2) is 5.76 Å². The van der Waals surface area contributed by atoms with E-state index in [9.17, 15) is 9.90 Å². The number of nitrogens with zero attached hydrogens (tertiary/aromatic N) is 2. The van der Waals surface area contributed by atoms with Crippen molar-refractivity contribution in [1.29, 1.82) is 0 Å². The molecule has 0 atom stereocenters. The number of carbonyl (C=O) groups excluding carboxylic acids is 1. The summed E-state index contributed by atoms with van der Waals surface area (Å²) in [5, 5.41) is 9.74. The molecule has 1 aromatic rings. The van der Waals surface area contributed by atoms with Crippen molar-refractivity contribution in [3.63, 3.8) is 0 Å². The van der Waals surface area contributed by atoms with Gasteiger partial charge < -0.3 is 14.4 Å². The van der Waals surface area contributed by atoms with Gasteiger partial charge in [-0.15, -0.1) is 0 Å². The molecule has 0 aliphatic rings. The predicted molar refractivity (Wildman–Crippen MR) is 78.6 cm³/mol. The highest BCUT2D eigenvalue weighted by molar-refractivity contribution is 5.91. The Morgan fingerprint density at radius 1 is 1.30 bits per heavy atom. The van der Waals surface area contributed by atoms with Gasteiger partial charge in [-0.1, -0.05) is 13.8 Å². The molecule has 0 aliphatic heterocycles. The highest BCUT2D eigenvalue weighted by atomic mass is 16.4. The number of aliphatic hydroxyl groups is 1. The van der Waals surface area contributed by atoms with Crippen molar-refractivity contribution in [1.82, 2.24) is 9.80 Å². The number of likely N-dealkylation sites (N-methyl/N-ethyl adjacent to an activating group) is 1. The van der Waals surface area contributed by atoms with Crippen LogP contribution in [0.25, 0.3) is 0 Å². The maximum atomic E-state index is 12.2. The van der Waals surface area contributed by atoms with Crippen molar-refractivity contribution in [3.05, 3.63) is 23.7 Å². The lowest BCUT2D eigenvalue weighted by Crippen LogP contribution is -2.39. The Morgan fingerprint density at radius 3 is 2.40 bits per heavy atom. The minimum atomic E-state index is -0.916. The van der Waals surface area contributed by atoms with E-state index in [-0.39, 0.29) is 12.5 Å². The van der Waals surface area contributed by atoms with E-state index in [0.29, 0.717) is 12.3 Å². The van der Waals surface area contributed by atoms with Gasteiger partial charge in [-0.05, 0) is 39.1 Å². The fraction of sp³-hybridized carbons (Fsp3) is 0.667. The van der Waals surface area contributed by atoms with Crippen LogP contribution in [0.2, 0.25) is 0 Å². The van der Waals surface area contributed by atoms with Crippen LogP contribution in [0.4, 0.5) is 0 Å². The van der Waals surface area contributed by atoms with E-state index in [0.717, 1.165) is 18.8 Å². The summed E-state index contributed by atoms with van der Waals surface area (Å²) < 4.78 is 5.60. The summed E-state index contributed by atoms with van der Waals surface area (Å²) in [6.07, 6.45) is 0. The molecule has 0 aliphatic carbocycles. The maximum absolute atomic E-state index is 12.2. The normalized spacial score (nSPS) is 11.9. The Morgan fingerprint density at radius 2 is 1.90 bits per heavy atom. The summed E-state index contributed by atoms with van der Waals surface area (Å²) in [4.78, 5) is 15.9. The zero-order chi connectivity index (χ0) is 15.3. The van der Waals surface area contributed by atoms with Crippen LogP contribution in [0.15, 0.2) is 16.5 Å². The Balaban J connectivity index is 2.69. The molecule has 114 valence electrons. The molecular formula is C15H26N2O3. The summed E-state index contributed by atoms with van der Waals surface area (Å²) in [6, 6.07) is 3.53. The largest absolute Gasteiger partial charge is 0.455 e. The average molecular weight is 282 g/mol. The monoisotopic (exact) mass is 282 g/mol. The van der Waals surface area contributed by atoms with Gasteiger partial charge in [0.05, 0.1) is 12.1 Å². The van der Waals surface area contributed by atoms with Gasteiger partial charge >= 0.3 is 0 Å². The number of furan rings is 1. The molecule has 1 aromatic heterocycles. The van der Waals surface area contributed by atoms with Crippen LogP contribution in [0.3, 0.4) is 0 Å². The molecule has 5 nitrogen and oxygen atoms in total. The Hall–Kier alpha value is -1.33. The number of hydrogen-bond acceptors (Lipinski definition) is 4. The standard InChI is InChI=1S/C15H26N2O3/c1-6-17(7-2)10-12-8-9-13(20-12)14(18)16(5)11-15(3,4)19/h8-9,19H,6-7,10-11H2,1-5H3. The number of rotatable bonds is 7. The summed E-state index contributed by atoms with van der Waals surface area (Å²) >= 11 is 0. The molecule has 1 rings (SSSR count). The van der Waals surface area contributed by atoms with Crippen LogP contribution in [0, 0.1) is 0 Å². The first-order chi connectivity index (χ1) is 9.26. The molecule has 5 heteroatoms. The van der Waals surface area contributed by atoms with Crippen LogP contribution >= 0.6 is 0 Å². The number of amides is 1. The SMILES string of the molecule is CCN(CC)Cc1ccc(C(=O)N(C)CC(C)(C)O)o1. The Labute approximate surface area is 121 Å². The van der Waals surface area contributed by atoms with Gasteiger partial charge in [0, 0.05) is 13.6 Å². The van der Waals surface area contributed by atoms with Crippen molar-refractivity contribution >= 4 is 5.91 Å². The first-order valence-corrected chi connectivity index (χ1v) is 7.05.